The molecule has 1 aliphatic heterocycles. The zero-order valence-corrected chi connectivity index (χ0v) is 40.1. The van der Waals surface area contributed by atoms with Crippen molar-refractivity contribution in [3.8, 4) is 0 Å². The van der Waals surface area contributed by atoms with Gasteiger partial charge >= 0.3 is 27.6 Å². The van der Waals surface area contributed by atoms with Crippen molar-refractivity contribution in [3.63, 3.8) is 0 Å². The van der Waals surface area contributed by atoms with Crippen LogP contribution in [0, 0.1) is 0 Å². The lowest BCUT2D eigenvalue weighted by atomic mass is 10.1. The zero-order valence-electron chi connectivity index (χ0n) is 38.3. The number of rotatable bonds is 41. The van der Waals surface area contributed by atoms with Crippen molar-refractivity contribution in [1.82, 2.24) is 0 Å². The normalized spacial score (nSPS) is 18.0. The number of unbranched alkanes of at least 4 members (excludes halogenated alkanes) is 7. The van der Waals surface area contributed by atoms with Crippen LogP contribution in [0.15, 0.2) is 97.2 Å². The van der Waals surface area contributed by atoms with Crippen molar-refractivity contribution >= 4 is 27.6 Å². The first-order valence-corrected chi connectivity index (χ1v) is 26.1. The Balaban J connectivity index is 2.41. The van der Waals surface area contributed by atoms with Gasteiger partial charge in [0.1, 0.15) is 12.7 Å². The Morgan fingerprint density at radius 1 is 0.547 bits per heavy atom. The quantitative estimate of drug-likeness (QED) is 0.0148. The Bertz CT molecular complexity index is 1560. The van der Waals surface area contributed by atoms with Crippen LogP contribution in [0.25, 0.3) is 0 Å². The average Bonchev–Trinajstić information content (AvgIpc) is 4.01. The van der Waals surface area contributed by atoms with Crippen molar-refractivity contribution in [1.29, 1.82) is 0 Å². The molecule has 0 saturated carbocycles. The fraction of sp³-hybridized carbons (Fsp3) is 0.625. The van der Waals surface area contributed by atoms with Gasteiger partial charge < -0.3 is 34.0 Å². The minimum atomic E-state index is -4.88. The summed E-state index contributed by atoms with van der Waals surface area (Å²) in [7, 11) is -9.73. The fourth-order valence-electron chi connectivity index (χ4n) is 5.77. The first-order chi connectivity index (χ1) is 30.8. The SMILES string of the molecule is CC/C=C\CC1OC1C/C=C\C/C=C\C/C=C\C/C=C\CCC(=O)O[C@H](COC(=O)CCCCCC/C=C\C/C=C\C/C=C\CCCCC)COP(=O)(O)OC[C@@H](O)COP(=O)(O)O. The van der Waals surface area contributed by atoms with E-state index in [1.807, 2.05) is 18.2 Å². The van der Waals surface area contributed by atoms with Crippen molar-refractivity contribution in [2.24, 2.45) is 0 Å². The number of carbonyl (C=O) groups is 2. The molecule has 1 heterocycles. The van der Waals surface area contributed by atoms with Gasteiger partial charge in [0.15, 0.2) is 6.10 Å². The summed E-state index contributed by atoms with van der Waals surface area (Å²) in [6, 6.07) is 0. The van der Waals surface area contributed by atoms with Crippen LogP contribution >= 0.6 is 15.6 Å². The maximum absolute atomic E-state index is 12.7. The van der Waals surface area contributed by atoms with Gasteiger partial charge in [0.25, 0.3) is 0 Å². The summed E-state index contributed by atoms with van der Waals surface area (Å²) in [5.74, 6) is -1.17. The van der Waals surface area contributed by atoms with Crippen LogP contribution in [0.4, 0.5) is 0 Å². The highest BCUT2D eigenvalue weighted by atomic mass is 31.2. The average molecular weight is 941 g/mol. The summed E-state index contributed by atoms with van der Waals surface area (Å²) in [6.07, 6.45) is 48.8. The van der Waals surface area contributed by atoms with Crippen LogP contribution in [-0.2, 0) is 46.5 Å². The predicted octanol–water partition coefficient (Wildman–Crippen LogP) is 11.1. The van der Waals surface area contributed by atoms with Crippen LogP contribution in [-0.4, -0.2) is 82.6 Å². The van der Waals surface area contributed by atoms with Crippen molar-refractivity contribution < 1.29 is 66.3 Å². The van der Waals surface area contributed by atoms with E-state index in [4.69, 9.17) is 28.5 Å². The molecule has 1 aliphatic rings. The van der Waals surface area contributed by atoms with Gasteiger partial charge in [0.2, 0.25) is 0 Å². The fourth-order valence-corrected chi connectivity index (χ4v) is 6.93. The molecule has 1 saturated heterocycles. The maximum Gasteiger partial charge on any atom is 0.472 e. The summed E-state index contributed by atoms with van der Waals surface area (Å²) < 4.78 is 53.4. The molecule has 5 atom stereocenters. The first-order valence-electron chi connectivity index (χ1n) is 23.1. The van der Waals surface area contributed by atoms with Crippen molar-refractivity contribution in [2.75, 3.05) is 26.4 Å². The standard InChI is InChI=1S/C48H78O14P2/c1-3-5-7-8-9-10-11-12-13-14-15-16-20-23-26-29-33-37-47(50)57-41-44(42-60-64(55,56)59-40-43(49)39-58-63(52,53)54)61-48(51)38-34-30-27-24-21-18-17-19-22-25-28-32-36-46-45(62-46)35-31-6-4-2/h6,9-10,12-13,15-16,18-19,21-22,27-28,30-32,43-46,49H,3-5,7-8,11,14,17,20,23-26,29,33-42H2,1-2H3,(H,55,56)(H2,52,53,54)/b10-9-,13-12-,16-15-,21-18-,22-19-,30-27-,31-6-,32-28-/t43-,44+,45?,46?/m0/s1. The number of allylic oxidation sites excluding steroid dienone is 14. The lowest BCUT2D eigenvalue weighted by molar-refractivity contribution is -0.161. The van der Waals surface area contributed by atoms with E-state index in [0.717, 1.165) is 77.0 Å². The monoisotopic (exact) mass is 940 g/mol. The molecule has 0 aliphatic carbocycles. The Morgan fingerprint density at radius 3 is 1.59 bits per heavy atom. The van der Waals surface area contributed by atoms with E-state index < -0.39 is 66.2 Å². The third-order valence-corrected chi connectivity index (χ3v) is 10.8. The molecular weight excluding hydrogens is 862 g/mol. The molecule has 16 heteroatoms. The highest BCUT2D eigenvalue weighted by Crippen LogP contribution is 2.44. The second kappa shape index (κ2) is 39.2. The van der Waals surface area contributed by atoms with Gasteiger partial charge in [-0.1, -0.05) is 137 Å². The van der Waals surface area contributed by atoms with Crippen LogP contribution in [0.2, 0.25) is 0 Å². The zero-order chi connectivity index (χ0) is 47.0. The molecule has 0 amide bonds. The van der Waals surface area contributed by atoms with Gasteiger partial charge in [-0.2, -0.15) is 0 Å². The highest BCUT2D eigenvalue weighted by molar-refractivity contribution is 7.47. The summed E-state index contributed by atoms with van der Waals surface area (Å²) in [6.45, 7) is 1.49. The molecule has 0 bridgehead atoms. The number of carbonyl (C=O) groups excluding carboxylic acids is 2. The summed E-state index contributed by atoms with van der Waals surface area (Å²) in [5, 5.41) is 9.76. The van der Waals surface area contributed by atoms with Gasteiger partial charge in [0, 0.05) is 12.8 Å². The molecule has 3 unspecified atom stereocenters. The number of aliphatic hydroxyl groups is 1. The van der Waals surface area contributed by atoms with E-state index >= 15 is 0 Å². The Morgan fingerprint density at radius 2 is 1.03 bits per heavy atom. The lowest BCUT2D eigenvalue weighted by Crippen LogP contribution is -2.29. The summed E-state index contributed by atoms with van der Waals surface area (Å²) in [4.78, 5) is 52.8. The van der Waals surface area contributed by atoms with Crippen LogP contribution in [0.5, 0.6) is 0 Å². The second-order valence-electron chi connectivity index (χ2n) is 15.3. The van der Waals surface area contributed by atoms with Gasteiger partial charge in [0.05, 0.1) is 32.0 Å². The molecule has 0 aromatic rings. The molecule has 0 spiro atoms. The molecule has 0 aromatic heterocycles. The van der Waals surface area contributed by atoms with Gasteiger partial charge in [-0.25, -0.2) is 9.13 Å². The summed E-state index contributed by atoms with van der Waals surface area (Å²) >= 11 is 0. The van der Waals surface area contributed by atoms with Crippen molar-refractivity contribution in [2.45, 2.75) is 167 Å². The number of esters is 2. The molecule has 14 nitrogen and oxygen atoms in total. The van der Waals surface area contributed by atoms with Crippen LogP contribution < -0.4 is 0 Å². The Kier molecular flexibility index (Phi) is 36.1. The van der Waals surface area contributed by atoms with E-state index in [0.29, 0.717) is 31.5 Å². The Labute approximate surface area is 383 Å². The number of phosphoric acid groups is 2. The topological polar surface area (TPSA) is 208 Å². The molecule has 1 fully saturated rings. The Hall–Kier alpha value is -3.00. The molecule has 0 aromatic carbocycles. The molecule has 0 radical (unpaired) electrons. The third-order valence-electron chi connectivity index (χ3n) is 9.36. The van der Waals surface area contributed by atoms with Crippen LogP contribution in [0.3, 0.4) is 0 Å². The first kappa shape index (κ1) is 59.0. The number of ether oxygens (including phenoxy) is 3. The number of aliphatic hydroxyl groups excluding tert-OH is 1. The molecule has 364 valence electrons. The molecule has 64 heavy (non-hydrogen) atoms. The largest absolute Gasteiger partial charge is 0.472 e. The maximum atomic E-state index is 12.7. The van der Waals surface area contributed by atoms with Crippen LogP contribution in [0.1, 0.15) is 142 Å². The highest BCUT2D eigenvalue weighted by Gasteiger charge is 2.36. The van der Waals surface area contributed by atoms with Gasteiger partial charge in [-0.3, -0.25) is 23.2 Å². The number of hydrogen-bond donors (Lipinski definition) is 4. The number of phosphoric ester groups is 2. The minimum Gasteiger partial charge on any atom is -0.462 e. The van der Waals surface area contributed by atoms with Crippen molar-refractivity contribution in [3.05, 3.63) is 97.2 Å². The summed E-state index contributed by atoms with van der Waals surface area (Å²) in [5.41, 5.74) is 0. The minimum absolute atomic E-state index is 0.00780. The van der Waals surface area contributed by atoms with Gasteiger partial charge in [-0.05, 0) is 89.9 Å². The van der Waals surface area contributed by atoms with Gasteiger partial charge in [-0.15, -0.1) is 0 Å². The second-order valence-corrected chi connectivity index (χ2v) is 18.0. The molecule has 1 rings (SSSR count). The smallest absolute Gasteiger partial charge is 0.462 e. The van der Waals surface area contributed by atoms with E-state index in [2.05, 4.69) is 102 Å². The molecule has 4 N–H and O–H groups in total. The van der Waals surface area contributed by atoms with E-state index in [-0.39, 0.29) is 12.8 Å². The number of hydrogen-bond acceptors (Lipinski definition) is 11. The van der Waals surface area contributed by atoms with E-state index in [1.165, 1.54) is 19.3 Å². The lowest BCUT2D eigenvalue weighted by Gasteiger charge is -2.20. The third kappa shape index (κ3) is 39.4. The number of epoxide rings is 1. The predicted molar refractivity (Wildman–Crippen MR) is 252 cm³/mol. The molecular formula is C48H78O14P2. The van der Waals surface area contributed by atoms with E-state index in [9.17, 15) is 28.7 Å². The van der Waals surface area contributed by atoms with E-state index in [1.54, 1.807) is 0 Å².